The zero-order valence-corrected chi connectivity index (χ0v) is 13.8. The number of anilines is 1. The molecule has 3 atom stereocenters. The van der Waals surface area contributed by atoms with E-state index in [9.17, 15) is 22.7 Å². The standard InChI is InChI=1S/C14H15ClF4N4O2/c1-6(14(17,18)19)12-10(15)11(16)8-4-20-13(22-23(8)12)21-7-2-3-25-5-9(7)24/h4,6-7,9,24H,2-3,5H2,1H3,(H,21,22)/t6?,7-,9-/m1/s1. The molecular formula is C14H15ClF4N4O2. The third-order valence-corrected chi connectivity index (χ3v) is 4.50. The molecule has 138 valence electrons. The number of nitrogens with one attached hydrogen (secondary N) is 1. The second kappa shape index (κ2) is 6.58. The fourth-order valence-corrected chi connectivity index (χ4v) is 2.99. The summed E-state index contributed by atoms with van der Waals surface area (Å²) >= 11 is 5.76. The maximum atomic E-state index is 14.1. The van der Waals surface area contributed by atoms with Gasteiger partial charge in [0.25, 0.3) is 0 Å². The zero-order chi connectivity index (χ0) is 18.4. The average Bonchev–Trinajstić information content (AvgIpc) is 2.79. The van der Waals surface area contributed by atoms with E-state index in [4.69, 9.17) is 16.3 Å². The van der Waals surface area contributed by atoms with Gasteiger partial charge in [-0.25, -0.2) is 13.9 Å². The molecule has 0 aliphatic carbocycles. The topological polar surface area (TPSA) is 71.7 Å². The van der Waals surface area contributed by atoms with Gasteiger partial charge in [-0.05, 0) is 13.3 Å². The fourth-order valence-electron chi connectivity index (χ4n) is 2.65. The molecule has 0 amide bonds. The second-order valence-electron chi connectivity index (χ2n) is 5.84. The Bertz CT molecular complexity index is 782. The molecule has 0 bridgehead atoms. The van der Waals surface area contributed by atoms with Gasteiger partial charge in [-0.2, -0.15) is 13.2 Å². The van der Waals surface area contributed by atoms with Gasteiger partial charge in [-0.15, -0.1) is 5.10 Å². The van der Waals surface area contributed by atoms with Crippen LogP contribution in [0.4, 0.5) is 23.5 Å². The Hall–Kier alpha value is -1.65. The van der Waals surface area contributed by atoms with Crippen molar-refractivity contribution in [3.8, 4) is 0 Å². The van der Waals surface area contributed by atoms with Crippen molar-refractivity contribution < 1.29 is 27.4 Å². The maximum absolute atomic E-state index is 14.1. The molecule has 0 aromatic carbocycles. The molecule has 0 spiro atoms. The Morgan fingerprint density at radius 3 is 2.84 bits per heavy atom. The highest BCUT2D eigenvalue weighted by Crippen LogP contribution is 2.40. The van der Waals surface area contributed by atoms with Crippen LogP contribution in [0.1, 0.15) is 25.0 Å². The molecule has 1 aliphatic heterocycles. The van der Waals surface area contributed by atoms with Crippen molar-refractivity contribution in [3.63, 3.8) is 0 Å². The number of aliphatic hydroxyl groups excluding tert-OH is 1. The Kier molecular flexibility index (Phi) is 4.78. The normalized spacial score (nSPS) is 23.0. The highest BCUT2D eigenvalue weighted by atomic mass is 35.5. The van der Waals surface area contributed by atoms with Gasteiger partial charge in [0, 0.05) is 6.61 Å². The molecule has 25 heavy (non-hydrogen) atoms. The van der Waals surface area contributed by atoms with Crippen molar-refractivity contribution >= 4 is 23.1 Å². The molecule has 2 aromatic heterocycles. The first-order valence-corrected chi connectivity index (χ1v) is 7.89. The Labute approximate surface area is 144 Å². The van der Waals surface area contributed by atoms with Gasteiger partial charge in [0.1, 0.15) is 10.5 Å². The van der Waals surface area contributed by atoms with Gasteiger partial charge in [-0.3, -0.25) is 0 Å². The molecule has 0 radical (unpaired) electrons. The van der Waals surface area contributed by atoms with Crippen molar-refractivity contribution in [2.24, 2.45) is 0 Å². The smallest absolute Gasteiger partial charge is 0.389 e. The van der Waals surface area contributed by atoms with E-state index in [0.29, 0.717) is 13.0 Å². The fraction of sp³-hybridized carbons (Fsp3) is 0.571. The summed E-state index contributed by atoms with van der Waals surface area (Å²) in [6, 6.07) is -0.425. The minimum absolute atomic E-state index is 0.0410. The Morgan fingerprint density at radius 2 is 2.20 bits per heavy atom. The summed E-state index contributed by atoms with van der Waals surface area (Å²) in [6.45, 7) is 1.42. The number of hydrogen-bond donors (Lipinski definition) is 2. The summed E-state index contributed by atoms with van der Waals surface area (Å²) in [6.07, 6.45) is -3.91. The van der Waals surface area contributed by atoms with E-state index >= 15 is 0 Å². The number of hydrogen-bond acceptors (Lipinski definition) is 5. The van der Waals surface area contributed by atoms with Gasteiger partial charge in [0.05, 0.1) is 36.6 Å². The van der Waals surface area contributed by atoms with Crippen LogP contribution in [0.5, 0.6) is 0 Å². The summed E-state index contributed by atoms with van der Waals surface area (Å²) in [5.41, 5.74) is -0.756. The minimum Gasteiger partial charge on any atom is -0.389 e. The van der Waals surface area contributed by atoms with E-state index in [0.717, 1.165) is 17.6 Å². The molecule has 1 aliphatic rings. The predicted molar refractivity (Wildman–Crippen MR) is 81.3 cm³/mol. The number of ether oxygens (including phenoxy) is 1. The first-order chi connectivity index (χ1) is 11.7. The summed E-state index contributed by atoms with van der Waals surface area (Å²) < 4.78 is 59.3. The molecular weight excluding hydrogens is 368 g/mol. The zero-order valence-electron chi connectivity index (χ0n) is 13.0. The van der Waals surface area contributed by atoms with Crippen molar-refractivity contribution in [1.29, 1.82) is 0 Å². The van der Waals surface area contributed by atoms with Gasteiger partial charge >= 0.3 is 6.18 Å². The van der Waals surface area contributed by atoms with Crippen molar-refractivity contribution in [3.05, 3.63) is 22.7 Å². The molecule has 1 fully saturated rings. The third-order valence-electron chi connectivity index (χ3n) is 4.14. The highest BCUT2D eigenvalue weighted by molar-refractivity contribution is 6.32. The van der Waals surface area contributed by atoms with E-state index in [1.165, 1.54) is 0 Å². The molecule has 6 nitrogen and oxygen atoms in total. The lowest BCUT2D eigenvalue weighted by atomic mass is 10.1. The summed E-state index contributed by atoms with van der Waals surface area (Å²) in [7, 11) is 0. The van der Waals surface area contributed by atoms with E-state index in [-0.39, 0.29) is 18.1 Å². The average molecular weight is 383 g/mol. The lowest BCUT2D eigenvalue weighted by Gasteiger charge is -2.28. The van der Waals surface area contributed by atoms with Gasteiger partial charge in [0.2, 0.25) is 5.95 Å². The minimum atomic E-state index is -4.61. The summed E-state index contributed by atoms with van der Waals surface area (Å²) in [4.78, 5) is 3.90. The molecule has 1 saturated heterocycles. The monoisotopic (exact) mass is 382 g/mol. The molecule has 0 saturated carbocycles. The number of nitrogens with zero attached hydrogens (tertiary/aromatic N) is 3. The molecule has 3 heterocycles. The van der Waals surface area contributed by atoms with E-state index in [2.05, 4.69) is 15.4 Å². The number of aliphatic hydroxyl groups is 1. The van der Waals surface area contributed by atoms with Crippen LogP contribution in [-0.4, -0.2) is 51.2 Å². The summed E-state index contributed by atoms with van der Waals surface area (Å²) in [5, 5.41) is 16.0. The van der Waals surface area contributed by atoms with Crippen LogP contribution in [0.25, 0.3) is 5.52 Å². The molecule has 2 aromatic rings. The number of aromatic nitrogens is 3. The quantitative estimate of drug-likeness (QED) is 0.799. The second-order valence-corrected chi connectivity index (χ2v) is 6.22. The lowest BCUT2D eigenvalue weighted by molar-refractivity contribution is -0.147. The maximum Gasteiger partial charge on any atom is 0.397 e. The van der Waals surface area contributed by atoms with Crippen LogP contribution in [0.2, 0.25) is 5.02 Å². The van der Waals surface area contributed by atoms with Gasteiger partial charge in [-0.1, -0.05) is 11.6 Å². The van der Waals surface area contributed by atoms with E-state index in [1.54, 1.807) is 0 Å². The predicted octanol–water partition coefficient (Wildman–Crippen LogP) is 2.75. The van der Waals surface area contributed by atoms with Gasteiger partial charge in [0.15, 0.2) is 5.82 Å². The molecule has 11 heteroatoms. The van der Waals surface area contributed by atoms with E-state index < -0.39 is 40.8 Å². The SMILES string of the molecule is CC(c1c(Cl)c(F)c2cnc(N[C@@H]3CCOC[C@H]3O)nn12)C(F)(F)F. The van der Waals surface area contributed by atoms with Crippen LogP contribution in [0.3, 0.4) is 0 Å². The molecule has 3 rings (SSSR count). The third kappa shape index (κ3) is 3.38. The molecule has 1 unspecified atom stereocenters. The number of alkyl halides is 3. The van der Waals surface area contributed by atoms with Crippen molar-refractivity contribution in [2.75, 3.05) is 18.5 Å². The number of fused-ring (bicyclic) bond motifs is 1. The Balaban J connectivity index is 2.01. The highest BCUT2D eigenvalue weighted by Gasteiger charge is 2.41. The largest absolute Gasteiger partial charge is 0.397 e. The lowest BCUT2D eigenvalue weighted by Crippen LogP contribution is -2.42. The van der Waals surface area contributed by atoms with E-state index in [1.807, 2.05) is 0 Å². The Morgan fingerprint density at radius 1 is 1.48 bits per heavy atom. The van der Waals surface area contributed by atoms with Gasteiger partial charge < -0.3 is 15.2 Å². The summed E-state index contributed by atoms with van der Waals surface area (Å²) in [5.74, 6) is -3.07. The molecule has 2 N–H and O–H groups in total. The first kappa shape index (κ1) is 18.2. The number of halogens is 5. The van der Waals surface area contributed by atoms with Crippen LogP contribution < -0.4 is 5.32 Å². The first-order valence-electron chi connectivity index (χ1n) is 7.51. The van der Waals surface area contributed by atoms with Crippen molar-refractivity contribution in [2.45, 2.75) is 37.6 Å². The van der Waals surface area contributed by atoms with Crippen LogP contribution in [0, 0.1) is 5.82 Å². The van der Waals surface area contributed by atoms with Crippen LogP contribution in [-0.2, 0) is 4.74 Å². The van der Waals surface area contributed by atoms with Crippen LogP contribution in [0.15, 0.2) is 6.20 Å². The number of rotatable bonds is 3. The van der Waals surface area contributed by atoms with Crippen LogP contribution >= 0.6 is 11.6 Å². The van der Waals surface area contributed by atoms with Crippen molar-refractivity contribution in [1.82, 2.24) is 14.6 Å².